The van der Waals surface area contributed by atoms with Crippen molar-refractivity contribution in [2.45, 2.75) is 26.6 Å². The number of allylic oxidation sites excluding steroid dienone is 1. The third kappa shape index (κ3) is 6.18. The summed E-state index contributed by atoms with van der Waals surface area (Å²) < 4.78 is 0. The summed E-state index contributed by atoms with van der Waals surface area (Å²) in [5.41, 5.74) is 8.01. The molecule has 0 saturated carbocycles. The van der Waals surface area contributed by atoms with Crippen molar-refractivity contribution in [2.24, 2.45) is 5.84 Å². The Labute approximate surface area is 173 Å². The Balaban J connectivity index is 2.12. The van der Waals surface area contributed by atoms with Crippen LogP contribution in [0.1, 0.15) is 34.0 Å². The van der Waals surface area contributed by atoms with Crippen molar-refractivity contribution in [3.05, 3.63) is 82.8 Å². The lowest BCUT2D eigenvalue weighted by Crippen LogP contribution is -2.30. The molecule has 2 unspecified atom stereocenters. The van der Waals surface area contributed by atoms with Crippen LogP contribution in [0.5, 0.6) is 0 Å². The van der Waals surface area contributed by atoms with E-state index in [1.54, 1.807) is 12.1 Å². The van der Waals surface area contributed by atoms with Gasteiger partial charge in [0.2, 0.25) is 0 Å². The SMILES string of the molecule is C=C(Nc1ccc(C#N)cc1)PC(/C=C\C)Nc1c(C)cc(C(=O)NN)cc1C. The summed E-state index contributed by atoms with van der Waals surface area (Å²) in [5, 5.41) is 15.8. The number of benzene rings is 2. The van der Waals surface area contributed by atoms with Crippen LogP contribution in [0.15, 0.2) is 60.6 Å². The van der Waals surface area contributed by atoms with Crippen molar-refractivity contribution < 1.29 is 4.79 Å². The van der Waals surface area contributed by atoms with Crippen LogP contribution in [0, 0.1) is 25.2 Å². The maximum absolute atomic E-state index is 11.8. The molecule has 29 heavy (non-hydrogen) atoms. The first-order valence-electron chi connectivity index (χ1n) is 9.12. The molecule has 5 N–H and O–H groups in total. The third-order valence-electron chi connectivity index (χ3n) is 4.25. The largest absolute Gasteiger partial charge is 0.374 e. The predicted molar refractivity (Wildman–Crippen MR) is 122 cm³/mol. The summed E-state index contributed by atoms with van der Waals surface area (Å²) in [6.45, 7) is 10.0. The van der Waals surface area contributed by atoms with Crippen LogP contribution >= 0.6 is 8.58 Å². The molecule has 7 heteroatoms. The lowest BCUT2D eigenvalue weighted by molar-refractivity contribution is 0.0953. The van der Waals surface area contributed by atoms with Crippen molar-refractivity contribution in [2.75, 3.05) is 10.6 Å². The highest BCUT2D eigenvalue weighted by atomic mass is 31.1. The molecule has 0 aliphatic carbocycles. The Bertz CT molecular complexity index is 937. The minimum Gasteiger partial charge on any atom is -0.374 e. The number of rotatable bonds is 8. The average molecular weight is 407 g/mol. The van der Waals surface area contributed by atoms with E-state index in [1.807, 2.05) is 51.1 Å². The summed E-state index contributed by atoms with van der Waals surface area (Å²) in [5.74, 6) is 4.98. The molecular formula is C22H26N5OP. The van der Waals surface area contributed by atoms with Crippen molar-refractivity contribution in [3.63, 3.8) is 0 Å². The fourth-order valence-electron chi connectivity index (χ4n) is 2.91. The van der Waals surface area contributed by atoms with Gasteiger partial charge in [-0.25, -0.2) is 5.84 Å². The first-order valence-corrected chi connectivity index (χ1v) is 10.2. The van der Waals surface area contributed by atoms with Gasteiger partial charge < -0.3 is 10.6 Å². The minimum absolute atomic E-state index is 0.0463. The van der Waals surface area contributed by atoms with Crippen LogP contribution in [0.3, 0.4) is 0 Å². The van der Waals surface area contributed by atoms with Crippen LogP contribution < -0.4 is 21.9 Å². The molecule has 0 aliphatic heterocycles. The molecule has 0 bridgehead atoms. The number of nitriles is 1. The normalized spacial score (nSPS) is 12.0. The maximum Gasteiger partial charge on any atom is 0.265 e. The number of aryl methyl sites for hydroxylation is 2. The molecular weight excluding hydrogens is 381 g/mol. The lowest BCUT2D eigenvalue weighted by atomic mass is 10.0. The van der Waals surface area contributed by atoms with E-state index in [1.165, 1.54) is 0 Å². The van der Waals surface area contributed by atoms with Gasteiger partial charge in [0.25, 0.3) is 5.91 Å². The number of hydrogen-bond acceptors (Lipinski definition) is 5. The Kier molecular flexibility index (Phi) is 7.97. The van der Waals surface area contributed by atoms with Crippen LogP contribution in [0.25, 0.3) is 0 Å². The minimum atomic E-state index is -0.311. The van der Waals surface area contributed by atoms with Crippen LogP contribution in [-0.4, -0.2) is 11.7 Å². The van der Waals surface area contributed by atoms with E-state index in [0.717, 1.165) is 27.9 Å². The molecule has 0 radical (unpaired) electrons. The highest BCUT2D eigenvalue weighted by molar-refractivity contribution is 7.44. The quantitative estimate of drug-likeness (QED) is 0.171. The Morgan fingerprint density at radius 1 is 1.24 bits per heavy atom. The van der Waals surface area contributed by atoms with E-state index < -0.39 is 0 Å². The van der Waals surface area contributed by atoms with Gasteiger partial charge in [0.05, 0.1) is 17.4 Å². The van der Waals surface area contributed by atoms with Gasteiger partial charge in [0.15, 0.2) is 0 Å². The lowest BCUT2D eigenvalue weighted by Gasteiger charge is -2.22. The van der Waals surface area contributed by atoms with Gasteiger partial charge in [-0.1, -0.05) is 18.7 Å². The van der Waals surface area contributed by atoms with Crippen molar-refractivity contribution in [1.82, 2.24) is 5.43 Å². The number of nitrogens with two attached hydrogens (primary N) is 1. The molecule has 1 amide bonds. The van der Waals surface area contributed by atoms with E-state index in [2.05, 4.69) is 34.8 Å². The molecule has 0 aromatic heterocycles. The van der Waals surface area contributed by atoms with Gasteiger partial charge in [-0.3, -0.25) is 10.2 Å². The third-order valence-corrected chi connectivity index (χ3v) is 5.37. The number of hydrogen-bond donors (Lipinski definition) is 4. The zero-order chi connectivity index (χ0) is 21.4. The molecule has 150 valence electrons. The number of nitrogens with one attached hydrogen (secondary N) is 3. The van der Waals surface area contributed by atoms with Crippen LogP contribution in [0.2, 0.25) is 0 Å². The number of nitrogen functional groups attached to an aromatic ring is 1. The molecule has 0 aliphatic rings. The first-order chi connectivity index (χ1) is 13.9. The van der Waals surface area contributed by atoms with Crippen molar-refractivity contribution >= 4 is 25.9 Å². The number of nitrogens with zero attached hydrogens (tertiary/aromatic N) is 1. The van der Waals surface area contributed by atoms with E-state index in [0.29, 0.717) is 19.7 Å². The van der Waals surface area contributed by atoms with E-state index in [4.69, 9.17) is 11.1 Å². The number of carbonyl (C=O) groups excluding carboxylic acids is 1. The summed E-state index contributed by atoms with van der Waals surface area (Å²) in [6, 6.07) is 13.0. The average Bonchev–Trinajstić information content (AvgIpc) is 2.70. The van der Waals surface area contributed by atoms with Crippen LogP contribution in [0.4, 0.5) is 11.4 Å². The predicted octanol–water partition coefficient (Wildman–Crippen LogP) is 4.35. The molecule has 0 fully saturated rings. The molecule has 6 nitrogen and oxygen atoms in total. The molecule has 0 spiro atoms. The Morgan fingerprint density at radius 3 is 2.38 bits per heavy atom. The van der Waals surface area contributed by atoms with Gasteiger partial charge in [-0.2, -0.15) is 5.26 Å². The molecule has 2 aromatic rings. The maximum atomic E-state index is 11.8. The number of carbonyl (C=O) groups is 1. The van der Waals surface area contributed by atoms with Crippen molar-refractivity contribution in [1.29, 1.82) is 5.26 Å². The standard InChI is InChI=1S/C22H26N5OP/c1-5-6-20(29-16(4)25-19-9-7-17(13-23)8-10-19)26-21-14(2)11-18(12-15(21)3)22(28)27-24/h5-12,20,25-26,29H,4,24H2,1-3H3,(H,27,28)/b6-5-. The van der Waals surface area contributed by atoms with Crippen LogP contribution in [-0.2, 0) is 0 Å². The summed E-state index contributed by atoms with van der Waals surface area (Å²) in [4.78, 5) is 11.8. The summed E-state index contributed by atoms with van der Waals surface area (Å²) >= 11 is 0. The first kappa shape index (κ1) is 22.2. The molecule has 2 atom stereocenters. The summed E-state index contributed by atoms with van der Waals surface area (Å²) in [7, 11) is 0.370. The van der Waals surface area contributed by atoms with Gasteiger partial charge >= 0.3 is 0 Å². The fourth-order valence-corrected chi connectivity index (χ4v) is 4.01. The number of hydrazine groups is 1. The molecule has 0 heterocycles. The second-order valence-corrected chi connectivity index (χ2v) is 8.06. The smallest absolute Gasteiger partial charge is 0.265 e. The van der Waals surface area contributed by atoms with Gasteiger partial charge in [-0.15, -0.1) is 0 Å². The van der Waals surface area contributed by atoms with E-state index in [9.17, 15) is 4.79 Å². The highest BCUT2D eigenvalue weighted by Crippen LogP contribution is 2.33. The molecule has 0 saturated heterocycles. The molecule has 2 rings (SSSR count). The van der Waals surface area contributed by atoms with Gasteiger partial charge in [-0.05, 0) is 76.9 Å². The monoisotopic (exact) mass is 407 g/mol. The second kappa shape index (κ2) is 10.4. The topological polar surface area (TPSA) is 103 Å². The van der Waals surface area contributed by atoms with Gasteiger partial charge in [0.1, 0.15) is 0 Å². The van der Waals surface area contributed by atoms with Crippen molar-refractivity contribution in [3.8, 4) is 6.07 Å². The zero-order valence-corrected chi connectivity index (χ0v) is 17.8. The second-order valence-electron chi connectivity index (χ2n) is 6.54. The Morgan fingerprint density at radius 2 is 1.86 bits per heavy atom. The fraction of sp³-hybridized carbons (Fsp3) is 0.182. The highest BCUT2D eigenvalue weighted by Gasteiger charge is 2.13. The zero-order valence-electron chi connectivity index (χ0n) is 16.8. The van der Waals surface area contributed by atoms with E-state index in [-0.39, 0.29) is 11.7 Å². The molecule has 2 aromatic carbocycles. The number of amides is 1. The van der Waals surface area contributed by atoms with E-state index >= 15 is 0 Å². The van der Waals surface area contributed by atoms with Gasteiger partial charge in [0, 0.05) is 22.4 Å². The Hall–Kier alpha value is -3.13. The number of anilines is 2. The summed E-state index contributed by atoms with van der Waals surface area (Å²) in [6.07, 6.45) is 4.09.